The largest absolute Gasteiger partial charge is 0.444 e. The number of ether oxygens (including phenoxy) is 1. The van der Waals surface area contributed by atoms with E-state index in [0.29, 0.717) is 19.5 Å². The lowest BCUT2D eigenvalue weighted by atomic mass is 9.92. The number of benzene rings is 1. The number of hydrogen-bond donors (Lipinski definition) is 2. The molecule has 1 saturated heterocycles. The Labute approximate surface area is 125 Å². The van der Waals surface area contributed by atoms with Crippen molar-refractivity contribution in [1.82, 2.24) is 4.90 Å². The van der Waals surface area contributed by atoms with Crippen LogP contribution in [0.4, 0.5) is 4.79 Å². The number of likely N-dealkylation sites (tertiary alicyclic amines) is 1. The van der Waals surface area contributed by atoms with Gasteiger partial charge < -0.3 is 20.5 Å². The molecule has 3 N–H and O–H groups in total. The Morgan fingerprint density at radius 3 is 2.81 bits per heavy atom. The van der Waals surface area contributed by atoms with Gasteiger partial charge in [-0.25, -0.2) is 4.79 Å². The van der Waals surface area contributed by atoms with Crippen LogP contribution in [0.1, 0.15) is 38.3 Å². The van der Waals surface area contributed by atoms with E-state index in [1.54, 1.807) is 4.90 Å². The summed E-state index contributed by atoms with van der Waals surface area (Å²) >= 11 is 0. The van der Waals surface area contributed by atoms with Gasteiger partial charge >= 0.3 is 6.09 Å². The van der Waals surface area contributed by atoms with Crippen LogP contribution in [0.15, 0.2) is 24.3 Å². The number of carbonyl (C=O) groups excluding carboxylic acids is 1. The van der Waals surface area contributed by atoms with Crippen molar-refractivity contribution in [2.45, 2.75) is 44.9 Å². The maximum Gasteiger partial charge on any atom is 0.410 e. The lowest BCUT2D eigenvalue weighted by molar-refractivity contribution is 0.0140. The number of rotatable bonds is 2. The zero-order chi connectivity index (χ0) is 15.7. The molecule has 1 fully saturated rings. The van der Waals surface area contributed by atoms with E-state index in [1.165, 1.54) is 0 Å². The average Bonchev–Trinajstić information content (AvgIpc) is 2.81. The summed E-state index contributed by atoms with van der Waals surface area (Å²) in [5.41, 5.74) is 5.85. The molecule has 1 aromatic rings. The molecule has 5 heteroatoms. The molecule has 0 aromatic heterocycles. The van der Waals surface area contributed by atoms with E-state index in [-0.39, 0.29) is 12.6 Å². The van der Waals surface area contributed by atoms with Gasteiger partial charge in [0, 0.05) is 13.1 Å². The highest BCUT2D eigenvalue weighted by Crippen LogP contribution is 2.33. The SMILES string of the molecule is CC(C)(C)OC(=O)N1CCC(O)(c2cccc(CN)c2)C1. The van der Waals surface area contributed by atoms with E-state index >= 15 is 0 Å². The first kappa shape index (κ1) is 15.8. The fraction of sp³-hybridized carbons (Fsp3) is 0.562. The van der Waals surface area contributed by atoms with Crippen LogP contribution in [0.5, 0.6) is 0 Å². The molecule has 1 heterocycles. The minimum atomic E-state index is -1.03. The first-order valence-electron chi connectivity index (χ1n) is 7.23. The topological polar surface area (TPSA) is 75.8 Å². The van der Waals surface area contributed by atoms with E-state index in [2.05, 4.69) is 0 Å². The quantitative estimate of drug-likeness (QED) is 0.874. The van der Waals surface area contributed by atoms with E-state index in [4.69, 9.17) is 10.5 Å². The molecule has 1 amide bonds. The third-order valence-corrected chi connectivity index (χ3v) is 3.60. The Bertz CT molecular complexity index is 524. The normalized spacial score (nSPS) is 22.4. The van der Waals surface area contributed by atoms with Crippen molar-refractivity contribution < 1.29 is 14.6 Å². The van der Waals surface area contributed by atoms with Gasteiger partial charge in [-0.1, -0.05) is 24.3 Å². The fourth-order valence-electron chi connectivity index (χ4n) is 2.50. The van der Waals surface area contributed by atoms with E-state index in [9.17, 15) is 9.90 Å². The number of nitrogens with two attached hydrogens (primary N) is 1. The maximum absolute atomic E-state index is 12.1. The summed E-state index contributed by atoms with van der Waals surface area (Å²) in [5, 5.41) is 10.8. The molecule has 0 radical (unpaired) electrons. The van der Waals surface area contributed by atoms with Crippen LogP contribution >= 0.6 is 0 Å². The van der Waals surface area contributed by atoms with Crippen molar-refractivity contribution in [2.24, 2.45) is 5.73 Å². The number of hydrogen-bond acceptors (Lipinski definition) is 4. The summed E-state index contributed by atoms with van der Waals surface area (Å²) < 4.78 is 5.35. The predicted octanol–water partition coefficient (Wildman–Crippen LogP) is 1.97. The van der Waals surface area contributed by atoms with Gasteiger partial charge in [0.05, 0.1) is 6.54 Å². The van der Waals surface area contributed by atoms with Crippen molar-refractivity contribution in [3.63, 3.8) is 0 Å². The second kappa shape index (κ2) is 5.66. The molecule has 116 valence electrons. The first-order valence-corrected chi connectivity index (χ1v) is 7.23. The molecule has 0 spiro atoms. The van der Waals surface area contributed by atoms with Gasteiger partial charge in [0.2, 0.25) is 0 Å². The lowest BCUT2D eigenvalue weighted by Gasteiger charge is -2.27. The summed E-state index contributed by atoms with van der Waals surface area (Å²) in [6, 6.07) is 7.58. The summed E-state index contributed by atoms with van der Waals surface area (Å²) in [4.78, 5) is 13.6. The molecular formula is C16H24N2O3. The Morgan fingerprint density at radius 1 is 1.48 bits per heavy atom. The third kappa shape index (κ3) is 3.74. The zero-order valence-electron chi connectivity index (χ0n) is 12.9. The van der Waals surface area contributed by atoms with Crippen LogP contribution < -0.4 is 5.73 Å². The van der Waals surface area contributed by atoms with Crippen LogP contribution in [-0.2, 0) is 16.9 Å². The number of carbonyl (C=O) groups is 1. The summed E-state index contributed by atoms with van der Waals surface area (Å²) in [7, 11) is 0. The molecule has 1 aliphatic rings. The summed E-state index contributed by atoms with van der Waals surface area (Å²) in [5.74, 6) is 0. The first-order chi connectivity index (χ1) is 9.73. The highest BCUT2D eigenvalue weighted by atomic mass is 16.6. The molecule has 21 heavy (non-hydrogen) atoms. The number of amides is 1. The Hall–Kier alpha value is -1.59. The van der Waals surface area contributed by atoms with Crippen LogP contribution in [-0.4, -0.2) is 34.8 Å². The van der Waals surface area contributed by atoms with Crippen LogP contribution in [0, 0.1) is 0 Å². The zero-order valence-corrected chi connectivity index (χ0v) is 12.9. The second-order valence-corrected chi connectivity index (χ2v) is 6.59. The van der Waals surface area contributed by atoms with Crippen molar-refractivity contribution in [3.8, 4) is 0 Å². The van der Waals surface area contributed by atoms with Gasteiger partial charge in [0.1, 0.15) is 11.2 Å². The minimum Gasteiger partial charge on any atom is -0.444 e. The molecule has 1 unspecified atom stereocenters. The van der Waals surface area contributed by atoms with Gasteiger partial charge in [-0.05, 0) is 38.3 Å². The van der Waals surface area contributed by atoms with Gasteiger partial charge in [-0.15, -0.1) is 0 Å². The van der Waals surface area contributed by atoms with E-state index in [0.717, 1.165) is 11.1 Å². The number of β-amino-alcohol motifs (C(OH)–C–C–N with tert-alkyl or cyclic N) is 1. The van der Waals surface area contributed by atoms with Gasteiger partial charge in [0.25, 0.3) is 0 Å². The molecule has 0 aliphatic carbocycles. The second-order valence-electron chi connectivity index (χ2n) is 6.59. The maximum atomic E-state index is 12.1. The number of aliphatic hydroxyl groups is 1. The molecule has 0 saturated carbocycles. The monoisotopic (exact) mass is 292 g/mol. The molecule has 1 aromatic carbocycles. The Morgan fingerprint density at radius 2 is 2.19 bits per heavy atom. The molecule has 5 nitrogen and oxygen atoms in total. The van der Waals surface area contributed by atoms with Gasteiger partial charge in [-0.2, -0.15) is 0 Å². The van der Waals surface area contributed by atoms with Crippen molar-refractivity contribution in [1.29, 1.82) is 0 Å². The van der Waals surface area contributed by atoms with Gasteiger partial charge in [0.15, 0.2) is 0 Å². The Balaban J connectivity index is 2.11. The van der Waals surface area contributed by atoms with Gasteiger partial charge in [-0.3, -0.25) is 0 Å². The smallest absolute Gasteiger partial charge is 0.410 e. The fourth-order valence-corrected chi connectivity index (χ4v) is 2.50. The van der Waals surface area contributed by atoms with Crippen LogP contribution in [0.3, 0.4) is 0 Å². The average molecular weight is 292 g/mol. The highest BCUT2D eigenvalue weighted by molar-refractivity contribution is 5.68. The van der Waals surface area contributed by atoms with Crippen molar-refractivity contribution in [3.05, 3.63) is 35.4 Å². The minimum absolute atomic E-state index is 0.246. The lowest BCUT2D eigenvalue weighted by Crippen LogP contribution is -2.38. The highest BCUT2D eigenvalue weighted by Gasteiger charge is 2.41. The molecule has 1 aliphatic heterocycles. The van der Waals surface area contributed by atoms with Crippen LogP contribution in [0.25, 0.3) is 0 Å². The predicted molar refractivity (Wildman–Crippen MR) is 80.7 cm³/mol. The Kier molecular flexibility index (Phi) is 4.25. The summed E-state index contributed by atoms with van der Waals surface area (Å²) in [6.45, 7) is 6.65. The standard InChI is InChI=1S/C16H24N2O3/c1-15(2,3)21-14(19)18-8-7-16(20,11-18)13-6-4-5-12(9-13)10-17/h4-6,9,20H,7-8,10-11,17H2,1-3H3. The molecule has 0 bridgehead atoms. The van der Waals surface area contributed by atoms with Crippen molar-refractivity contribution >= 4 is 6.09 Å². The van der Waals surface area contributed by atoms with Crippen LogP contribution in [0.2, 0.25) is 0 Å². The molecule has 1 atom stereocenters. The third-order valence-electron chi connectivity index (χ3n) is 3.60. The van der Waals surface area contributed by atoms with E-state index < -0.39 is 11.2 Å². The number of nitrogens with zero attached hydrogens (tertiary/aromatic N) is 1. The molecular weight excluding hydrogens is 268 g/mol. The summed E-state index contributed by atoms with van der Waals surface area (Å²) in [6.07, 6.45) is 0.119. The van der Waals surface area contributed by atoms with Crippen molar-refractivity contribution in [2.75, 3.05) is 13.1 Å². The van der Waals surface area contributed by atoms with E-state index in [1.807, 2.05) is 45.0 Å². The molecule has 2 rings (SSSR count).